The molecule has 31 heavy (non-hydrogen) atoms. The molecule has 0 spiro atoms. The fourth-order valence-electron chi connectivity index (χ4n) is 3.81. The maximum atomic E-state index is 13.3. The summed E-state index contributed by atoms with van der Waals surface area (Å²) in [5.74, 6) is -1.57. The van der Waals surface area contributed by atoms with E-state index in [-0.39, 0.29) is 30.4 Å². The number of hydrogen-bond acceptors (Lipinski definition) is 3. The average Bonchev–Trinajstić information content (AvgIpc) is 3.08. The number of carbonyl (C=O) groups excluding carboxylic acids is 3. The van der Waals surface area contributed by atoms with Gasteiger partial charge in [-0.15, -0.1) is 0 Å². The first-order chi connectivity index (χ1) is 15.1. The van der Waals surface area contributed by atoms with Crippen molar-refractivity contribution in [2.75, 3.05) is 10.0 Å². The number of nitrogens with zero attached hydrogens (tertiary/aromatic N) is 2. The van der Waals surface area contributed by atoms with Crippen LogP contribution in [0, 0.1) is 5.92 Å². The topological polar surface area (TPSA) is 57.7 Å². The summed E-state index contributed by atoms with van der Waals surface area (Å²) in [4.78, 5) is 39.2. The molecular weight excluding hydrogens is 388 g/mol. The zero-order valence-electron chi connectivity index (χ0n) is 17.4. The van der Waals surface area contributed by atoms with Crippen molar-refractivity contribution in [3.05, 3.63) is 96.1 Å². The molecule has 156 valence electrons. The van der Waals surface area contributed by atoms with E-state index in [4.69, 9.17) is 0 Å². The number of ketones is 1. The van der Waals surface area contributed by atoms with Crippen LogP contribution < -0.4 is 10.0 Å². The summed E-state index contributed by atoms with van der Waals surface area (Å²) in [7, 11) is 0. The lowest BCUT2D eigenvalue weighted by atomic mass is 9.97. The van der Waals surface area contributed by atoms with Crippen molar-refractivity contribution in [1.29, 1.82) is 0 Å². The van der Waals surface area contributed by atoms with Crippen LogP contribution in [-0.4, -0.2) is 17.6 Å². The molecule has 3 aromatic carbocycles. The Balaban J connectivity index is 1.57. The van der Waals surface area contributed by atoms with Crippen molar-refractivity contribution in [1.82, 2.24) is 0 Å². The molecule has 0 radical (unpaired) electrons. The number of aryl methyl sites for hydroxylation is 1. The van der Waals surface area contributed by atoms with E-state index in [1.807, 2.05) is 60.7 Å². The van der Waals surface area contributed by atoms with E-state index in [2.05, 4.69) is 6.92 Å². The third-order valence-corrected chi connectivity index (χ3v) is 5.56. The molecule has 0 aromatic heterocycles. The van der Waals surface area contributed by atoms with Gasteiger partial charge in [0.2, 0.25) is 0 Å². The third-order valence-electron chi connectivity index (χ3n) is 5.56. The number of benzene rings is 3. The smallest absolute Gasteiger partial charge is 0.258 e. The van der Waals surface area contributed by atoms with Gasteiger partial charge in [0.25, 0.3) is 11.8 Å². The summed E-state index contributed by atoms with van der Waals surface area (Å²) in [6.07, 6.45) is 1.22. The lowest BCUT2D eigenvalue weighted by molar-refractivity contribution is -0.127. The zero-order valence-corrected chi connectivity index (χ0v) is 17.4. The van der Waals surface area contributed by atoms with Gasteiger partial charge in [-0.1, -0.05) is 67.6 Å². The van der Waals surface area contributed by atoms with Crippen molar-refractivity contribution in [2.24, 2.45) is 5.92 Å². The molecule has 1 heterocycles. The highest BCUT2D eigenvalue weighted by molar-refractivity contribution is 6.23. The van der Waals surface area contributed by atoms with Crippen LogP contribution in [0.3, 0.4) is 0 Å². The van der Waals surface area contributed by atoms with Gasteiger partial charge in [-0.2, -0.15) is 0 Å². The Kier molecular flexibility index (Phi) is 5.94. The molecule has 5 nitrogen and oxygen atoms in total. The molecule has 1 aliphatic rings. The maximum absolute atomic E-state index is 13.3. The second kappa shape index (κ2) is 8.96. The number of para-hydroxylation sites is 2. The number of amides is 2. The fourth-order valence-corrected chi connectivity index (χ4v) is 3.81. The second-order valence-corrected chi connectivity index (χ2v) is 7.54. The molecule has 1 saturated heterocycles. The highest BCUT2D eigenvalue weighted by atomic mass is 16.2. The summed E-state index contributed by atoms with van der Waals surface area (Å²) >= 11 is 0. The van der Waals surface area contributed by atoms with E-state index in [0.29, 0.717) is 16.9 Å². The van der Waals surface area contributed by atoms with E-state index >= 15 is 0 Å². The van der Waals surface area contributed by atoms with Crippen LogP contribution in [0.5, 0.6) is 0 Å². The first-order valence-corrected chi connectivity index (χ1v) is 10.5. The summed E-state index contributed by atoms with van der Waals surface area (Å²) in [5.41, 5.74) is 3.01. The summed E-state index contributed by atoms with van der Waals surface area (Å²) in [6.45, 7) is 2.06. The van der Waals surface area contributed by atoms with Gasteiger partial charge in [0.05, 0.1) is 11.4 Å². The van der Waals surface area contributed by atoms with Crippen LogP contribution >= 0.6 is 0 Å². The number of hydrogen-bond donors (Lipinski definition) is 0. The van der Waals surface area contributed by atoms with Crippen LogP contribution in [0.25, 0.3) is 0 Å². The van der Waals surface area contributed by atoms with Crippen molar-refractivity contribution >= 4 is 29.0 Å². The molecule has 0 bridgehead atoms. The lowest BCUT2D eigenvalue weighted by Crippen LogP contribution is -2.41. The van der Waals surface area contributed by atoms with Crippen molar-refractivity contribution in [2.45, 2.75) is 26.2 Å². The maximum Gasteiger partial charge on any atom is 0.258 e. The van der Waals surface area contributed by atoms with E-state index in [0.717, 1.165) is 12.0 Å². The van der Waals surface area contributed by atoms with Gasteiger partial charge in [0.1, 0.15) is 5.92 Å². The molecule has 0 N–H and O–H groups in total. The minimum Gasteiger partial charge on any atom is -0.294 e. The van der Waals surface area contributed by atoms with Crippen molar-refractivity contribution in [3.63, 3.8) is 0 Å². The van der Waals surface area contributed by atoms with Crippen LogP contribution in [0.1, 0.15) is 35.7 Å². The van der Waals surface area contributed by atoms with Crippen LogP contribution in [0.2, 0.25) is 0 Å². The molecule has 0 unspecified atom stereocenters. The standard InChI is InChI=1S/C26H24N2O3/c1-2-19-13-15-20(16-14-19)24(29)18-17-23-25(30)27(21-9-5-3-6-10-21)28(26(23)31)22-11-7-4-8-12-22/h3-16,23H,2,17-18H2,1H3. The molecule has 0 aliphatic carbocycles. The SMILES string of the molecule is CCc1ccc(C(=O)CCC2C(=O)N(c3ccccc3)N(c3ccccc3)C2=O)cc1. The van der Waals surface area contributed by atoms with Gasteiger partial charge >= 0.3 is 0 Å². The number of anilines is 2. The normalized spacial score (nSPS) is 14.4. The first kappa shape index (κ1) is 20.5. The number of carbonyl (C=O) groups is 3. The Bertz CT molecular complexity index is 1020. The summed E-state index contributed by atoms with van der Waals surface area (Å²) in [5, 5.41) is 2.84. The van der Waals surface area contributed by atoms with Gasteiger partial charge in [0.15, 0.2) is 5.78 Å². The molecule has 5 heteroatoms. The quantitative estimate of drug-likeness (QED) is 0.413. The molecule has 4 rings (SSSR count). The Labute approximate surface area is 181 Å². The molecule has 1 fully saturated rings. The van der Waals surface area contributed by atoms with Gasteiger partial charge < -0.3 is 0 Å². The molecule has 0 saturated carbocycles. The Morgan fingerprint density at radius 1 is 0.742 bits per heavy atom. The number of Topliss-reactive ketones (excluding diaryl/α,β-unsaturated/α-hetero) is 1. The van der Waals surface area contributed by atoms with E-state index in [9.17, 15) is 14.4 Å². The number of hydrazine groups is 1. The molecule has 2 amide bonds. The number of rotatable bonds is 7. The second-order valence-electron chi connectivity index (χ2n) is 7.54. The Morgan fingerprint density at radius 2 is 1.23 bits per heavy atom. The first-order valence-electron chi connectivity index (χ1n) is 10.5. The van der Waals surface area contributed by atoms with Crippen LogP contribution in [-0.2, 0) is 16.0 Å². The molecular formula is C26H24N2O3. The van der Waals surface area contributed by atoms with E-state index in [1.54, 1.807) is 24.3 Å². The lowest BCUT2D eigenvalue weighted by Gasteiger charge is -2.27. The summed E-state index contributed by atoms with van der Waals surface area (Å²) in [6, 6.07) is 25.7. The Hall–Kier alpha value is -3.73. The van der Waals surface area contributed by atoms with Gasteiger partial charge in [-0.05, 0) is 42.7 Å². The highest BCUT2D eigenvalue weighted by Gasteiger charge is 2.46. The van der Waals surface area contributed by atoms with Crippen LogP contribution in [0.15, 0.2) is 84.9 Å². The fraction of sp³-hybridized carbons (Fsp3) is 0.192. The monoisotopic (exact) mass is 412 g/mol. The highest BCUT2D eigenvalue weighted by Crippen LogP contribution is 2.33. The van der Waals surface area contributed by atoms with E-state index < -0.39 is 5.92 Å². The minimum absolute atomic E-state index is 0.0623. The van der Waals surface area contributed by atoms with Gasteiger partial charge in [0, 0.05) is 12.0 Å². The van der Waals surface area contributed by atoms with E-state index in [1.165, 1.54) is 10.0 Å². The van der Waals surface area contributed by atoms with Crippen molar-refractivity contribution in [3.8, 4) is 0 Å². The predicted octanol–water partition coefficient (Wildman–Crippen LogP) is 4.82. The average molecular weight is 412 g/mol. The van der Waals surface area contributed by atoms with Gasteiger partial charge in [-0.25, -0.2) is 10.0 Å². The van der Waals surface area contributed by atoms with Gasteiger partial charge in [-0.3, -0.25) is 14.4 Å². The zero-order chi connectivity index (χ0) is 21.8. The minimum atomic E-state index is -0.890. The van der Waals surface area contributed by atoms with Crippen LogP contribution in [0.4, 0.5) is 11.4 Å². The molecule has 3 aromatic rings. The molecule has 0 atom stereocenters. The molecule has 1 aliphatic heterocycles. The van der Waals surface area contributed by atoms with Crippen molar-refractivity contribution < 1.29 is 14.4 Å². The third kappa shape index (κ3) is 4.12. The predicted molar refractivity (Wildman–Crippen MR) is 121 cm³/mol. The Morgan fingerprint density at radius 3 is 1.68 bits per heavy atom. The summed E-state index contributed by atoms with van der Waals surface area (Å²) < 4.78 is 0. The largest absolute Gasteiger partial charge is 0.294 e.